The molecule has 0 aliphatic heterocycles. The Hall–Kier alpha value is -1.24. The average molecular weight is 414 g/mol. The minimum absolute atomic E-state index is 0. The topological polar surface area (TPSA) is 39.7 Å². The predicted molar refractivity (Wildman–Crippen MR) is 106 cm³/mol. The van der Waals surface area contributed by atoms with E-state index in [1.807, 2.05) is 7.05 Å². The molecule has 0 amide bonds. The molecule has 0 atom stereocenters. The molecule has 5 heteroatoms. The predicted octanol–water partition coefficient (Wildman–Crippen LogP) is 3.06. The molecule has 4 nitrogen and oxygen atoms in total. The summed E-state index contributed by atoms with van der Waals surface area (Å²) in [6.45, 7) is 2.89. The van der Waals surface area contributed by atoms with E-state index in [-0.39, 0.29) is 24.0 Å². The molecule has 1 aliphatic rings. The maximum absolute atomic E-state index is 4.31. The van der Waals surface area contributed by atoms with E-state index >= 15 is 0 Å². The molecule has 0 bridgehead atoms. The SMILES string of the molecule is CN=C(NCc1ccc(C)cc1N(C)C)NC1CC=CC1.I. The van der Waals surface area contributed by atoms with Gasteiger partial charge in [0.05, 0.1) is 0 Å². The van der Waals surface area contributed by atoms with Crippen LogP contribution in [0.15, 0.2) is 35.3 Å². The van der Waals surface area contributed by atoms with Crippen LogP contribution in [-0.2, 0) is 6.54 Å². The lowest BCUT2D eigenvalue weighted by atomic mass is 10.1. The van der Waals surface area contributed by atoms with Crippen LogP contribution < -0.4 is 15.5 Å². The zero-order chi connectivity index (χ0) is 15.2. The first kappa shape index (κ1) is 18.8. The summed E-state index contributed by atoms with van der Waals surface area (Å²) in [6.07, 6.45) is 6.59. The van der Waals surface area contributed by atoms with Gasteiger partial charge in [-0.2, -0.15) is 0 Å². The fourth-order valence-corrected chi connectivity index (χ4v) is 2.54. The van der Waals surface area contributed by atoms with Crippen LogP contribution in [0.5, 0.6) is 0 Å². The van der Waals surface area contributed by atoms with Crippen molar-refractivity contribution in [2.45, 2.75) is 32.4 Å². The van der Waals surface area contributed by atoms with Gasteiger partial charge in [0.2, 0.25) is 0 Å². The number of nitrogens with one attached hydrogen (secondary N) is 2. The van der Waals surface area contributed by atoms with Crippen LogP contribution in [0.25, 0.3) is 0 Å². The summed E-state index contributed by atoms with van der Waals surface area (Å²) < 4.78 is 0. The van der Waals surface area contributed by atoms with Crippen LogP contribution in [0.1, 0.15) is 24.0 Å². The van der Waals surface area contributed by atoms with Crippen LogP contribution in [0, 0.1) is 6.92 Å². The molecule has 1 aromatic carbocycles. The van der Waals surface area contributed by atoms with Crippen molar-refractivity contribution in [2.24, 2.45) is 4.99 Å². The highest BCUT2D eigenvalue weighted by atomic mass is 127. The molecule has 0 fully saturated rings. The maximum atomic E-state index is 4.31. The van der Waals surface area contributed by atoms with Gasteiger partial charge in [0.15, 0.2) is 5.96 Å². The molecular weight excluding hydrogens is 387 g/mol. The molecule has 22 heavy (non-hydrogen) atoms. The van der Waals surface area contributed by atoms with Gasteiger partial charge in [-0.3, -0.25) is 4.99 Å². The molecule has 0 saturated heterocycles. The van der Waals surface area contributed by atoms with Crippen molar-refractivity contribution in [3.8, 4) is 0 Å². The fraction of sp³-hybridized carbons (Fsp3) is 0.471. The summed E-state index contributed by atoms with van der Waals surface area (Å²) in [6, 6.07) is 7.03. The molecule has 2 rings (SSSR count). The van der Waals surface area contributed by atoms with Crippen LogP contribution in [0.4, 0.5) is 5.69 Å². The van der Waals surface area contributed by atoms with Gasteiger partial charge in [-0.15, -0.1) is 24.0 Å². The smallest absolute Gasteiger partial charge is 0.191 e. The number of hydrogen-bond acceptors (Lipinski definition) is 2. The van der Waals surface area contributed by atoms with Crippen molar-refractivity contribution in [3.63, 3.8) is 0 Å². The zero-order valence-corrected chi connectivity index (χ0v) is 16.2. The second-order valence-corrected chi connectivity index (χ2v) is 5.74. The van der Waals surface area contributed by atoms with Crippen LogP contribution >= 0.6 is 24.0 Å². The molecule has 1 aliphatic carbocycles. The first-order valence-electron chi connectivity index (χ1n) is 7.49. The summed E-state index contributed by atoms with van der Waals surface area (Å²) in [4.78, 5) is 6.47. The zero-order valence-electron chi connectivity index (χ0n) is 13.9. The number of hydrogen-bond donors (Lipinski definition) is 2. The first-order chi connectivity index (χ1) is 10.1. The number of nitrogens with zero attached hydrogens (tertiary/aromatic N) is 2. The van der Waals surface area contributed by atoms with E-state index in [1.165, 1.54) is 16.8 Å². The van der Waals surface area contributed by atoms with E-state index in [1.54, 1.807) is 0 Å². The van der Waals surface area contributed by atoms with Gasteiger partial charge in [-0.05, 0) is 37.0 Å². The lowest BCUT2D eigenvalue weighted by Crippen LogP contribution is -2.42. The second kappa shape index (κ2) is 9.02. The number of benzene rings is 1. The highest BCUT2D eigenvalue weighted by molar-refractivity contribution is 14.0. The van der Waals surface area contributed by atoms with Crippen molar-refractivity contribution >= 4 is 35.6 Å². The Morgan fingerprint density at radius 3 is 2.55 bits per heavy atom. The third-order valence-electron chi connectivity index (χ3n) is 3.74. The minimum atomic E-state index is 0. The molecule has 0 unspecified atom stereocenters. The first-order valence-corrected chi connectivity index (χ1v) is 7.49. The number of rotatable bonds is 4. The van der Waals surface area contributed by atoms with Crippen molar-refractivity contribution in [1.82, 2.24) is 10.6 Å². The number of anilines is 1. The Balaban J connectivity index is 0.00000242. The summed E-state index contributed by atoms with van der Waals surface area (Å²) in [5, 5.41) is 6.87. The Morgan fingerprint density at radius 2 is 1.95 bits per heavy atom. The van der Waals surface area contributed by atoms with Gasteiger partial charge in [0, 0.05) is 39.4 Å². The summed E-state index contributed by atoms with van der Waals surface area (Å²) in [5.41, 5.74) is 3.81. The van der Waals surface area contributed by atoms with Gasteiger partial charge in [-0.25, -0.2) is 0 Å². The minimum Gasteiger partial charge on any atom is -0.377 e. The third kappa shape index (κ3) is 5.19. The van der Waals surface area contributed by atoms with E-state index < -0.39 is 0 Å². The summed E-state index contributed by atoms with van der Waals surface area (Å²) >= 11 is 0. The van der Waals surface area contributed by atoms with Crippen molar-refractivity contribution in [1.29, 1.82) is 0 Å². The Labute approximate surface area is 151 Å². The molecule has 1 aromatic rings. The van der Waals surface area contributed by atoms with E-state index in [0.717, 1.165) is 25.3 Å². The molecule has 122 valence electrons. The van der Waals surface area contributed by atoms with Gasteiger partial charge >= 0.3 is 0 Å². The quantitative estimate of drug-likeness (QED) is 0.344. The Kier molecular flexibility index (Phi) is 7.72. The molecule has 2 N–H and O–H groups in total. The van der Waals surface area contributed by atoms with E-state index in [4.69, 9.17) is 0 Å². The van der Waals surface area contributed by atoms with Crippen molar-refractivity contribution < 1.29 is 0 Å². The van der Waals surface area contributed by atoms with E-state index in [2.05, 4.69) is 71.9 Å². The summed E-state index contributed by atoms with van der Waals surface area (Å²) in [5.74, 6) is 0.869. The standard InChI is InChI=1S/C17H26N4.HI/c1-13-9-10-14(16(11-13)21(3)4)12-19-17(18-2)20-15-7-5-6-8-15;/h5-6,9-11,15H,7-8,12H2,1-4H3,(H2,18,19,20);1H. The summed E-state index contributed by atoms with van der Waals surface area (Å²) in [7, 11) is 5.98. The Bertz CT molecular complexity index is 529. The molecule has 0 saturated carbocycles. The number of aryl methyl sites for hydroxylation is 1. The lowest BCUT2D eigenvalue weighted by Gasteiger charge is -2.21. The van der Waals surface area contributed by atoms with Crippen LogP contribution in [0.3, 0.4) is 0 Å². The van der Waals surface area contributed by atoms with Crippen LogP contribution in [-0.4, -0.2) is 33.1 Å². The molecule has 0 aromatic heterocycles. The largest absolute Gasteiger partial charge is 0.377 e. The average Bonchev–Trinajstić information content (AvgIpc) is 2.97. The highest BCUT2D eigenvalue weighted by Crippen LogP contribution is 2.20. The molecular formula is C17H27IN4. The lowest BCUT2D eigenvalue weighted by molar-refractivity contribution is 0.633. The Morgan fingerprint density at radius 1 is 1.27 bits per heavy atom. The van der Waals surface area contributed by atoms with Crippen molar-refractivity contribution in [3.05, 3.63) is 41.5 Å². The fourth-order valence-electron chi connectivity index (χ4n) is 2.54. The number of halogens is 1. The maximum Gasteiger partial charge on any atom is 0.191 e. The molecule has 0 heterocycles. The van der Waals surface area contributed by atoms with Crippen LogP contribution in [0.2, 0.25) is 0 Å². The van der Waals surface area contributed by atoms with E-state index in [0.29, 0.717) is 6.04 Å². The molecule has 0 spiro atoms. The molecule has 0 radical (unpaired) electrons. The number of guanidine groups is 1. The monoisotopic (exact) mass is 414 g/mol. The van der Waals surface area contributed by atoms with Crippen molar-refractivity contribution in [2.75, 3.05) is 26.0 Å². The van der Waals surface area contributed by atoms with Gasteiger partial charge in [0.1, 0.15) is 0 Å². The van der Waals surface area contributed by atoms with E-state index in [9.17, 15) is 0 Å². The normalized spacial score (nSPS) is 14.6. The van der Waals surface area contributed by atoms with Gasteiger partial charge in [-0.1, -0.05) is 24.3 Å². The second-order valence-electron chi connectivity index (χ2n) is 5.74. The third-order valence-corrected chi connectivity index (χ3v) is 3.74. The highest BCUT2D eigenvalue weighted by Gasteiger charge is 2.12. The van der Waals surface area contributed by atoms with Gasteiger partial charge in [0.25, 0.3) is 0 Å². The number of aliphatic imine (C=N–C) groups is 1. The van der Waals surface area contributed by atoms with Gasteiger partial charge < -0.3 is 15.5 Å².